The molecule has 3 aromatic carbocycles. The van der Waals surface area contributed by atoms with E-state index in [0.717, 1.165) is 16.7 Å². The number of hydrogen-bond acceptors (Lipinski definition) is 10. The summed E-state index contributed by atoms with van der Waals surface area (Å²) in [6.45, 7) is 10.3. The Morgan fingerprint density at radius 2 is 1.13 bits per heavy atom. The third kappa shape index (κ3) is 17.5. The number of ether oxygens (including phenoxy) is 7. The van der Waals surface area contributed by atoms with Gasteiger partial charge in [-0.05, 0) is 43.9 Å². The van der Waals surface area contributed by atoms with Gasteiger partial charge in [-0.25, -0.2) is 0 Å². The van der Waals surface area contributed by atoms with Crippen molar-refractivity contribution in [1.29, 1.82) is 0 Å². The number of esters is 1. The minimum atomic E-state index is -0.460. The lowest BCUT2D eigenvalue weighted by Crippen LogP contribution is -2.33. The molecular weight excluding hydrogens is 707 g/mol. The van der Waals surface area contributed by atoms with Crippen LogP contribution in [0.15, 0.2) is 91.0 Å². The van der Waals surface area contributed by atoms with E-state index in [1.165, 1.54) is 0 Å². The zero-order chi connectivity index (χ0) is 38.7. The molecule has 0 aromatic heterocycles. The molecule has 1 amide bonds. The SMILES string of the molecule is COCCOCCOC(C)COC(C)COC(C)COCCOC(=O)CCSCCNC(=O)CCC(c1ccccc1)(c1ccccc1)c1ccccc1. The van der Waals surface area contributed by atoms with Crippen LogP contribution >= 0.6 is 11.8 Å². The lowest BCUT2D eigenvalue weighted by atomic mass is 9.66. The van der Waals surface area contributed by atoms with Crippen molar-refractivity contribution in [2.24, 2.45) is 0 Å². The largest absolute Gasteiger partial charge is 0.463 e. The summed E-state index contributed by atoms with van der Waals surface area (Å²) in [4.78, 5) is 25.3. The molecule has 0 radical (unpaired) electrons. The minimum absolute atomic E-state index is 0.0110. The second kappa shape index (κ2) is 27.3. The molecular formula is C43H61NO9S. The van der Waals surface area contributed by atoms with E-state index in [-0.39, 0.29) is 36.8 Å². The van der Waals surface area contributed by atoms with Crippen molar-refractivity contribution in [2.75, 3.05) is 84.6 Å². The van der Waals surface area contributed by atoms with E-state index in [0.29, 0.717) is 90.2 Å². The molecule has 298 valence electrons. The van der Waals surface area contributed by atoms with Crippen LogP contribution in [0.2, 0.25) is 0 Å². The Bertz CT molecular complexity index is 1300. The zero-order valence-electron chi connectivity index (χ0n) is 32.6. The van der Waals surface area contributed by atoms with Gasteiger partial charge in [-0.15, -0.1) is 0 Å². The minimum Gasteiger partial charge on any atom is -0.463 e. The molecule has 0 heterocycles. The van der Waals surface area contributed by atoms with Gasteiger partial charge in [0.2, 0.25) is 5.91 Å². The van der Waals surface area contributed by atoms with Gasteiger partial charge in [0, 0.05) is 37.0 Å². The Morgan fingerprint density at radius 3 is 1.70 bits per heavy atom. The van der Waals surface area contributed by atoms with Gasteiger partial charge >= 0.3 is 5.97 Å². The predicted molar refractivity (Wildman–Crippen MR) is 214 cm³/mol. The summed E-state index contributed by atoms with van der Waals surface area (Å²) >= 11 is 1.62. The lowest BCUT2D eigenvalue weighted by molar-refractivity contribution is -0.145. The van der Waals surface area contributed by atoms with Crippen LogP contribution in [0.1, 0.15) is 56.7 Å². The Morgan fingerprint density at radius 1 is 0.611 bits per heavy atom. The Kier molecular flexibility index (Phi) is 22.8. The molecule has 0 aliphatic heterocycles. The lowest BCUT2D eigenvalue weighted by Gasteiger charge is -2.36. The van der Waals surface area contributed by atoms with E-state index in [2.05, 4.69) is 78.1 Å². The number of thioether (sulfide) groups is 1. The van der Waals surface area contributed by atoms with Gasteiger partial charge in [-0.1, -0.05) is 91.0 Å². The van der Waals surface area contributed by atoms with Crippen LogP contribution in [0, 0.1) is 0 Å². The maximum absolute atomic E-state index is 13.1. The van der Waals surface area contributed by atoms with E-state index in [4.69, 9.17) is 33.2 Å². The predicted octanol–water partition coefficient (Wildman–Crippen LogP) is 6.48. The average molecular weight is 768 g/mol. The molecule has 0 aliphatic rings. The molecule has 3 unspecified atom stereocenters. The van der Waals surface area contributed by atoms with Crippen LogP contribution in [-0.4, -0.2) is 115 Å². The van der Waals surface area contributed by atoms with Crippen LogP contribution in [0.25, 0.3) is 0 Å². The average Bonchev–Trinajstić information content (AvgIpc) is 3.20. The van der Waals surface area contributed by atoms with Crippen molar-refractivity contribution in [2.45, 2.75) is 63.8 Å². The summed E-state index contributed by atoms with van der Waals surface area (Å²) in [5.74, 6) is 1.08. The molecule has 0 fully saturated rings. The van der Waals surface area contributed by atoms with E-state index in [9.17, 15) is 9.59 Å². The fraction of sp³-hybridized carbons (Fsp3) is 0.535. The van der Waals surface area contributed by atoms with Crippen molar-refractivity contribution < 1.29 is 42.7 Å². The Balaban J connectivity index is 1.23. The molecule has 3 atom stereocenters. The van der Waals surface area contributed by atoms with Crippen molar-refractivity contribution in [3.63, 3.8) is 0 Å². The highest BCUT2D eigenvalue weighted by atomic mass is 32.2. The monoisotopic (exact) mass is 767 g/mol. The van der Waals surface area contributed by atoms with Gasteiger partial charge in [0.05, 0.1) is 77.6 Å². The number of hydrogen-bond donors (Lipinski definition) is 1. The molecule has 1 N–H and O–H groups in total. The summed E-state index contributed by atoms with van der Waals surface area (Å²) in [7, 11) is 1.64. The van der Waals surface area contributed by atoms with Crippen molar-refractivity contribution >= 4 is 23.6 Å². The topological polar surface area (TPSA) is 111 Å². The van der Waals surface area contributed by atoms with Gasteiger partial charge in [0.25, 0.3) is 0 Å². The van der Waals surface area contributed by atoms with Gasteiger partial charge < -0.3 is 38.5 Å². The highest BCUT2D eigenvalue weighted by molar-refractivity contribution is 7.99. The summed E-state index contributed by atoms with van der Waals surface area (Å²) in [5.41, 5.74) is 3.01. The fourth-order valence-electron chi connectivity index (χ4n) is 5.84. The zero-order valence-corrected chi connectivity index (χ0v) is 33.4. The molecule has 3 aromatic rings. The summed E-state index contributed by atoms with van der Waals surface area (Å²) in [6.07, 6.45) is 1.05. The maximum atomic E-state index is 13.1. The first kappa shape index (κ1) is 45.1. The molecule has 54 heavy (non-hydrogen) atoms. The summed E-state index contributed by atoms with van der Waals surface area (Å²) < 4.78 is 38.6. The molecule has 0 bridgehead atoms. The van der Waals surface area contributed by atoms with Gasteiger partial charge in [0.15, 0.2) is 0 Å². The standard InChI is InChI=1S/C43H61NO9S/c1-35(52-34-37(3)53-33-36(2)50-28-26-48-25-24-47-4)32-49-27-29-51-42(46)21-30-54-31-23-44-41(45)20-22-43(38-14-8-5-9-15-38,39-16-10-6-11-17-39)40-18-12-7-13-19-40/h5-19,35-37H,20-34H2,1-4H3,(H,44,45). The third-order valence-corrected chi connectivity index (χ3v) is 9.67. The Hall–Kier alpha value is -3.29. The molecule has 0 aliphatic carbocycles. The first-order chi connectivity index (χ1) is 26.3. The number of methoxy groups -OCH3 is 1. The van der Waals surface area contributed by atoms with Gasteiger partial charge in [-0.2, -0.15) is 11.8 Å². The molecule has 11 heteroatoms. The molecule has 3 rings (SSSR count). The normalized spacial score (nSPS) is 13.3. The van der Waals surface area contributed by atoms with Crippen LogP contribution < -0.4 is 5.32 Å². The number of carbonyl (C=O) groups is 2. The van der Waals surface area contributed by atoms with E-state index >= 15 is 0 Å². The van der Waals surface area contributed by atoms with E-state index in [1.807, 2.05) is 39.0 Å². The summed E-state index contributed by atoms with van der Waals surface area (Å²) in [5, 5.41) is 3.07. The Labute approximate surface area is 326 Å². The highest BCUT2D eigenvalue weighted by Gasteiger charge is 2.36. The van der Waals surface area contributed by atoms with Crippen LogP contribution in [-0.2, 0) is 48.2 Å². The fourth-order valence-corrected chi connectivity index (χ4v) is 6.60. The highest BCUT2D eigenvalue weighted by Crippen LogP contribution is 2.43. The van der Waals surface area contributed by atoms with Crippen LogP contribution in [0.3, 0.4) is 0 Å². The number of rotatable bonds is 30. The molecule has 0 saturated heterocycles. The first-order valence-electron chi connectivity index (χ1n) is 19.0. The smallest absolute Gasteiger partial charge is 0.306 e. The van der Waals surface area contributed by atoms with Crippen molar-refractivity contribution in [3.05, 3.63) is 108 Å². The van der Waals surface area contributed by atoms with Gasteiger partial charge in [-0.3, -0.25) is 9.59 Å². The van der Waals surface area contributed by atoms with E-state index in [1.54, 1.807) is 18.9 Å². The van der Waals surface area contributed by atoms with Crippen LogP contribution in [0.5, 0.6) is 0 Å². The van der Waals surface area contributed by atoms with Gasteiger partial charge in [0.1, 0.15) is 6.61 Å². The first-order valence-corrected chi connectivity index (χ1v) is 20.2. The van der Waals surface area contributed by atoms with Crippen LogP contribution in [0.4, 0.5) is 0 Å². The number of carbonyl (C=O) groups excluding carboxylic acids is 2. The molecule has 10 nitrogen and oxygen atoms in total. The van der Waals surface area contributed by atoms with Crippen molar-refractivity contribution in [3.8, 4) is 0 Å². The third-order valence-electron chi connectivity index (χ3n) is 8.68. The second-order valence-electron chi connectivity index (χ2n) is 13.1. The molecule has 0 saturated carbocycles. The molecule has 0 spiro atoms. The number of nitrogens with one attached hydrogen (secondary N) is 1. The van der Waals surface area contributed by atoms with E-state index < -0.39 is 5.41 Å². The van der Waals surface area contributed by atoms with Crippen molar-refractivity contribution in [1.82, 2.24) is 5.32 Å². The number of amides is 1. The maximum Gasteiger partial charge on any atom is 0.306 e. The summed E-state index contributed by atoms with van der Waals surface area (Å²) in [6, 6.07) is 31.3. The quantitative estimate of drug-likeness (QED) is 0.0460. The second-order valence-corrected chi connectivity index (χ2v) is 14.3. The number of benzene rings is 3.